The molecule has 0 aliphatic rings. The average Bonchev–Trinajstić information content (AvgIpc) is 3.32. The molecule has 1 amide bonds. The quantitative estimate of drug-likeness (QED) is 0.171. The highest BCUT2D eigenvalue weighted by Crippen LogP contribution is 2.38. The van der Waals surface area contributed by atoms with Crippen molar-refractivity contribution in [2.24, 2.45) is 0 Å². The second-order valence-corrected chi connectivity index (χ2v) is 11.4. The first-order chi connectivity index (χ1) is 19.1. The molecule has 0 bridgehead atoms. The lowest BCUT2D eigenvalue weighted by atomic mass is 10.1. The number of ether oxygens (including phenoxy) is 2. The van der Waals surface area contributed by atoms with Crippen LogP contribution in [-0.2, 0) is 21.4 Å². The number of nitrogens with zero attached hydrogens (tertiary/aromatic N) is 1. The molecule has 0 saturated heterocycles. The van der Waals surface area contributed by atoms with Crippen LogP contribution in [0.15, 0.2) is 86.7 Å². The Balaban J connectivity index is 1.41. The zero-order chi connectivity index (χ0) is 28.7. The van der Waals surface area contributed by atoms with Gasteiger partial charge < -0.3 is 19.3 Å². The Morgan fingerprint density at radius 1 is 1.10 bits per heavy atom. The molecule has 12 heteroatoms. The van der Waals surface area contributed by atoms with Gasteiger partial charge in [0.15, 0.2) is 17.3 Å². The predicted octanol–water partition coefficient (Wildman–Crippen LogP) is 6.83. The Labute approximate surface area is 245 Å². The number of sulfonamides is 1. The molecule has 208 valence electrons. The first-order valence-electron chi connectivity index (χ1n) is 12.0. The number of hydrogen-bond donors (Lipinski definition) is 2. The van der Waals surface area contributed by atoms with Crippen molar-refractivity contribution in [2.75, 3.05) is 16.6 Å². The minimum atomic E-state index is -3.86. The van der Waals surface area contributed by atoms with Gasteiger partial charge >= 0.3 is 0 Å². The van der Waals surface area contributed by atoms with E-state index in [2.05, 4.69) is 31.1 Å². The highest BCUT2D eigenvalue weighted by atomic mass is 79.9. The van der Waals surface area contributed by atoms with E-state index in [1.165, 1.54) is 36.4 Å². The predicted molar refractivity (Wildman–Crippen MR) is 157 cm³/mol. The fourth-order valence-corrected chi connectivity index (χ4v) is 5.29. The van der Waals surface area contributed by atoms with Gasteiger partial charge in [0, 0.05) is 28.4 Å². The van der Waals surface area contributed by atoms with Crippen LogP contribution in [0.5, 0.6) is 11.5 Å². The monoisotopic (exact) mass is 645 g/mol. The first kappa shape index (κ1) is 29.2. The molecule has 0 saturated carbocycles. The first-order valence-corrected chi connectivity index (χ1v) is 14.7. The summed E-state index contributed by atoms with van der Waals surface area (Å²) in [4.78, 5) is 12.5. The minimum absolute atomic E-state index is 0.00634. The number of rotatable bonds is 11. The van der Waals surface area contributed by atoms with Crippen molar-refractivity contribution in [3.05, 3.63) is 99.2 Å². The molecule has 0 radical (unpaired) electrons. The van der Waals surface area contributed by atoms with E-state index in [0.29, 0.717) is 44.6 Å². The van der Waals surface area contributed by atoms with Crippen molar-refractivity contribution in [3.8, 4) is 11.5 Å². The van der Waals surface area contributed by atoms with E-state index >= 15 is 0 Å². The second kappa shape index (κ2) is 13.0. The van der Waals surface area contributed by atoms with Gasteiger partial charge in [0.25, 0.3) is 10.0 Å². The van der Waals surface area contributed by atoms with Crippen molar-refractivity contribution < 1.29 is 27.2 Å². The SMILES string of the molecule is CCOc1cc(/C=C/C(=O)Nc2ccc(S(=O)(=O)Nc3cc(C)on3)cc2)cc(Br)c1OCc1ccccc1Cl. The summed E-state index contributed by atoms with van der Waals surface area (Å²) in [6, 6.07) is 18.2. The lowest BCUT2D eigenvalue weighted by Crippen LogP contribution is -2.13. The molecule has 4 aromatic rings. The van der Waals surface area contributed by atoms with Gasteiger partial charge in [-0.2, -0.15) is 0 Å². The van der Waals surface area contributed by atoms with Crippen LogP contribution in [-0.4, -0.2) is 26.1 Å². The van der Waals surface area contributed by atoms with Gasteiger partial charge in [-0.05, 0) is 83.9 Å². The fraction of sp³-hybridized carbons (Fsp3) is 0.143. The van der Waals surface area contributed by atoms with Crippen LogP contribution in [0.1, 0.15) is 23.8 Å². The van der Waals surface area contributed by atoms with E-state index in [1.807, 2.05) is 25.1 Å². The molecular formula is C28H25BrClN3O6S. The molecule has 0 aliphatic heterocycles. The Morgan fingerprint density at radius 3 is 2.52 bits per heavy atom. The molecule has 3 aromatic carbocycles. The third-order valence-corrected chi connectivity index (χ3v) is 7.72. The largest absolute Gasteiger partial charge is 0.490 e. The summed E-state index contributed by atoms with van der Waals surface area (Å²) in [6.45, 7) is 4.19. The summed E-state index contributed by atoms with van der Waals surface area (Å²) in [5.74, 6) is 1.18. The molecule has 2 N–H and O–H groups in total. The summed E-state index contributed by atoms with van der Waals surface area (Å²) < 4.78 is 44.7. The molecule has 0 spiro atoms. The van der Waals surface area contributed by atoms with Crippen LogP contribution in [0.3, 0.4) is 0 Å². The average molecular weight is 647 g/mol. The molecule has 0 aliphatic carbocycles. The fourth-order valence-electron chi connectivity index (χ4n) is 3.54. The number of carbonyl (C=O) groups excluding carboxylic acids is 1. The van der Waals surface area contributed by atoms with Gasteiger partial charge in [0.2, 0.25) is 5.91 Å². The van der Waals surface area contributed by atoms with Crippen LogP contribution in [0, 0.1) is 6.92 Å². The number of amides is 1. The van der Waals surface area contributed by atoms with E-state index in [-0.39, 0.29) is 17.3 Å². The Hall–Kier alpha value is -3.80. The Morgan fingerprint density at radius 2 is 1.85 bits per heavy atom. The lowest BCUT2D eigenvalue weighted by Gasteiger charge is -2.15. The molecule has 1 aromatic heterocycles. The third-order valence-electron chi connectivity index (χ3n) is 5.39. The molecule has 0 fully saturated rings. The summed E-state index contributed by atoms with van der Waals surface area (Å²) >= 11 is 9.77. The number of halogens is 2. The molecule has 0 unspecified atom stereocenters. The van der Waals surface area contributed by atoms with Crippen molar-refractivity contribution in [2.45, 2.75) is 25.3 Å². The van der Waals surface area contributed by atoms with Crippen molar-refractivity contribution in [1.82, 2.24) is 5.16 Å². The number of benzene rings is 3. The third kappa shape index (κ3) is 7.65. The van der Waals surface area contributed by atoms with Crippen LogP contribution in [0.2, 0.25) is 5.02 Å². The van der Waals surface area contributed by atoms with Crippen molar-refractivity contribution in [3.63, 3.8) is 0 Å². The standard InChI is InChI=1S/C28H25BrClN3O6S/c1-3-37-25-16-19(15-23(29)28(25)38-17-20-6-4-5-7-24(20)30)8-13-27(34)31-21-9-11-22(12-10-21)40(35,36)33-26-14-18(2)39-32-26/h4-16H,3,17H2,1-2H3,(H,31,34)(H,32,33)/b13-8+. The van der Waals surface area contributed by atoms with Crippen molar-refractivity contribution in [1.29, 1.82) is 0 Å². The van der Waals surface area contributed by atoms with Gasteiger partial charge in [0.1, 0.15) is 12.4 Å². The molecule has 1 heterocycles. The maximum absolute atomic E-state index is 12.5. The maximum Gasteiger partial charge on any atom is 0.263 e. The van der Waals surface area contributed by atoms with Gasteiger partial charge in [-0.3, -0.25) is 9.52 Å². The topological polar surface area (TPSA) is 120 Å². The smallest absolute Gasteiger partial charge is 0.263 e. The maximum atomic E-state index is 12.5. The molecule has 40 heavy (non-hydrogen) atoms. The highest BCUT2D eigenvalue weighted by Gasteiger charge is 2.17. The summed E-state index contributed by atoms with van der Waals surface area (Å²) in [6.07, 6.45) is 2.99. The second-order valence-electron chi connectivity index (χ2n) is 8.42. The van der Waals surface area contributed by atoms with E-state index in [4.69, 9.17) is 25.6 Å². The summed E-state index contributed by atoms with van der Waals surface area (Å²) in [5, 5.41) is 6.94. The lowest BCUT2D eigenvalue weighted by molar-refractivity contribution is -0.111. The zero-order valence-electron chi connectivity index (χ0n) is 21.5. The van der Waals surface area contributed by atoms with E-state index in [9.17, 15) is 13.2 Å². The van der Waals surface area contributed by atoms with E-state index < -0.39 is 15.9 Å². The van der Waals surface area contributed by atoms with Gasteiger partial charge in [-0.1, -0.05) is 35.0 Å². The normalized spacial score (nSPS) is 11.4. The number of hydrogen-bond acceptors (Lipinski definition) is 7. The summed E-state index contributed by atoms with van der Waals surface area (Å²) in [7, 11) is -3.86. The highest BCUT2D eigenvalue weighted by molar-refractivity contribution is 9.10. The Bertz CT molecular complexity index is 1640. The molecule has 0 atom stereocenters. The molecular weight excluding hydrogens is 622 g/mol. The van der Waals surface area contributed by atoms with Gasteiger partial charge in [-0.15, -0.1) is 0 Å². The van der Waals surface area contributed by atoms with Gasteiger partial charge in [-0.25, -0.2) is 8.42 Å². The van der Waals surface area contributed by atoms with Crippen LogP contribution < -0.4 is 19.5 Å². The van der Waals surface area contributed by atoms with Crippen molar-refractivity contribution >= 4 is 61.0 Å². The summed E-state index contributed by atoms with van der Waals surface area (Å²) in [5.41, 5.74) is 1.96. The van der Waals surface area contributed by atoms with Gasteiger partial charge in [0.05, 0.1) is 16.0 Å². The zero-order valence-corrected chi connectivity index (χ0v) is 24.6. The number of nitrogens with one attached hydrogen (secondary N) is 2. The van der Waals surface area contributed by atoms with Crippen LogP contribution in [0.4, 0.5) is 11.5 Å². The number of anilines is 2. The van der Waals surface area contributed by atoms with E-state index in [0.717, 1.165) is 5.56 Å². The number of carbonyl (C=O) groups is 1. The number of aryl methyl sites for hydroxylation is 1. The number of aromatic nitrogens is 1. The molecule has 4 rings (SSSR count). The Kier molecular flexibility index (Phi) is 9.51. The minimum Gasteiger partial charge on any atom is -0.490 e. The van der Waals surface area contributed by atoms with Crippen LogP contribution in [0.25, 0.3) is 6.08 Å². The van der Waals surface area contributed by atoms with E-state index in [1.54, 1.807) is 31.2 Å². The molecule has 9 nitrogen and oxygen atoms in total. The van der Waals surface area contributed by atoms with Crippen LogP contribution >= 0.6 is 27.5 Å².